The third-order valence-corrected chi connectivity index (χ3v) is 9.69. The minimum Gasteiger partial charge on any atom is -0.477 e. The van der Waals surface area contributed by atoms with Crippen molar-refractivity contribution in [2.24, 2.45) is 0 Å². The van der Waals surface area contributed by atoms with Crippen LogP contribution in [0.25, 0.3) is 21.8 Å². The number of morpholine rings is 2. The molecular weight excluding hydrogens is 687 g/mol. The van der Waals surface area contributed by atoms with Crippen molar-refractivity contribution in [3.63, 3.8) is 0 Å². The number of aryl methyl sites for hydroxylation is 2. The first-order valence-electron chi connectivity index (χ1n) is 16.5. The van der Waals surface area contributed by atoms with E-state index in [9.17, 15) is 19.2 Å². The maximum atomic E-state index is 12.9. The average Bonchev–Trinajstić information content (AvgIpc) is 3.62. The highest BCUT2D eigenvalue weighted by Crippen LogP contribution is 2.27. The lowest BCUT2D eigenvalue weighted by molar-refractivity contribution is -0.0304. The van der Waals surface area contributed by atoms with Crippen LogP contribution in [0, 0.1) is 0 Å². The summed E-state index contributed by atoms with van der Waals surface area (Å²) in [6, 6.07) is 2.92. The molecule has 270 valence electrons. The van der Waals surface area contributed by atoms with E-state index in [4.69, 9.17) is 37.8 Å². The maximum absolute atomic E-state index is 12.9. The van der Waals surface area contributed by atoms with Crippen LogP contribution in [0.3, 0.4) is 0 Å². The predicted molar refractivity (Wildman–Crippen MR) is 194 cm³/mol. The number of aromatic carboxylic acids is 1. The highest BCUT2D eigenvalue weighted by Gasteiger charge is 2.37. The summed E-state index contributed by atoms with van der Waals surface area (Å²) in [5.41, 5.74) is 0.358. The molecule has 15 heteroatoms. The summed E-state index contributed by atoms with van der Waals surface area (Å²) in [7, 11) is 0. The van der Waals surface area contributed by atoms with E-state index >= 15 is 0 Å². The molecule has 50 heavy (non-hydrogen) atoms. The van der Waals surface area contributed by atoms with Crippen molar-refractivity contribution in [2.45, 2.75) is 84.5 Å². The number of likely N-dealkylation sites (tertiary alicyclic amines) is 1. The maximum Gasteiger partial charge on any atom is 0.341 e. The number of nitrogens with one attached hydrogen (secondary N) is 1. The number of halogens is 2. The minimum atomic E-state index is -1.24. The molecule has 2 N–H and O–H groups in total. The topological polar surface area (TPSA) is 158 Å². The zero-order chi connectivity index (χ0) is 34.8. The van der Waals surface area contributed by atoms with Crippen molar-refractivity contribution in [1.29, 1.82) is 0 Å². The second kappa shape index (κ2) is 16.0. The molecule has 4 bridgehead atoms. The summed E-state index contributed by atoms with van der Waals surface area (Å²) in [6.45, 7) is 8.25. The van der Waals surface area contributed by atoms with Crippen molar-refractivity contribution in [2.75, 3.05) is 26.2 Å². The van der Waals surface area contributed by atoms with Crippen molar-refractivity contribution in [1.82, 2.24) is 29.3 Å². The van der Waals surface area contributed by atoms with Crippen LogP contribution in [0.5, 0.6) is 0 Å². The molecule has 0 spiro atoms. The smallest absolute Gasteiger partial charge is 0.341 e. The van der Waals surface area contributed by atoms with Gasteiger partial charge in [-0.25, -0.2) is 14.8 Å². The molecule has 8 heterocycles. The van der Waals surface area contributed by atoms with E-state index in [1.807, 2.05) is 18.4 Å². The van der Waals surface area contributed by atoms with Gasteiger partial charge in [-0.2, -0.15) is 0 Å². The van der Waals surface area contributed by atoms with Gasteiger partial charge >= 0.3 is 5.97 Å². The van der Waals surface area contributed by atoms with Gasteiger partial charge in [0.15, 0.2) is 0 Å². The number of nitrogens with zero attached hydrogens (tertiary/aromatic N) is 5. The number of hydrogen-bond acceptors (Lipinski definition) is 9. The Labute approximate surface area is 300 Å². The van der Waals surface area contributed by atoms with Gasteiger partial charge < -0.3 is 33.9 Å². The first-order valence-corrected chi connectivity index (χ1v) is 17.2. The Morgan fingerprint density at radius 3 is 1.72 bits per heavy atom. The van der Waals surface area contributed by atoms with Crippen molar-refractivity contribution < 1.29 is 25.6 Å². The van der Waals surface area contributed by atoms with Crippen molar-refractivity contribution >= 4 is 56.9 Å². The molecule has 0 saturated carbocycles. The van der Waals surface area contributed by atoms with Crippen LogP contribution in [0.2, 0.25) is 10.3 Å². The molecule has 4 saturated heterocycles. The molecule has 0 aliphatic carbocycles. The zero-order valence-electron chi connectivity index (χ0n) is 27.2. The van der Waals surface area contributed by atoms with E-state index in [1.165, 1.54) is 37.4 Å². The Balaban J connectivity index is 0.000000188. The fourth-order valence-corrected chi connectivity index (χ4v) is 7.11. The molecule has 1 amide bonds. The molecule has 8 rings (SSSR count). The monoisotopic (exact) mass is 732 g/mol. The molecule has 4 fully saturated rings. The summed E-state index contributed by atoms with van der Waals surface area (Å²) < 4.78 is 14.8. The summed E-state index contributed by atoms with van der Waals surface area (Å²) in [4.78, 5) is 58.3. The quantitative estimate of drug-likeness (QED) is 0.278. The highest BCUT2D eigenvalue weighted by atomic mass is 35.5. The molecule has 4 unspecified atom stereocenters. The third kappa shape index (κ3) is 7.87. The van der Waals surface area contributed by atoms with Crippen LogP contribution in [0.15, 0.2) is 46.5 Å². The number of fused-ring (bicyclic) bond motifs is 6. The predicted octanol–water partition coefficient (Wildman–Crippen LogP) is 4.86. The van der Waals surface area contributed by atoms with Crippen LogP contribution < -0.4 is 16.2 Å². The standard InChI is InChI=1S/C17H18ClN3O3.C11H9ClN2O3.C6H11NO.CH4.H2/c1-2-20-9-13(16(22)12-5-15(18)19-6-14(12)20)17(23)21-7-10-3-4-11(8-21)24-10;1-2-14-5-7(11(16)17)10(15)6-3-9(12)13-4-8(6)14;1-2-6-4-7-3-5(1)8-6;;/h5-6,9-11H,2-4,7-8H2,1H3;3-5H,2H2,1H3,(H,16,17);5-7H,1-4H2;1H4;1H/i;;;;1+2. The van der Waals surface area contributed by atoms with Gasteiger partial charge in [0.1, 0.15) is 21.4 Å². The van der Waals surface area contributed by atoms with Gasteiger partial charge in [0, 0.05) is 53.1 Å². The van der Waals surface area contributed by atoms with Crippen molar-refractivity contribution in [3.05, 3.63) is 78.8 Å². The normalized spacial score (nSPS) is 21.9. The molecule has 4 aromatic rings. The van der Waals surface area contributed by atoms with Gasteiger partial charge in [-0.05, 0) is 51.7 Å². The second-order valence-corrected chi connectivity index (χ2v) is 13.2. The second-order valence-electron chi connectivity index (χ2n) is 12.5. The fraction of sp³-hybridized carbons (Fsp3) is 0.486. The molecule has 4 aliphatic rings. The number of hydrogen-bond donors (Lipinski definition) is 2. The van der Waals surface area contributed by atoms with Crippen LogP contribution in [0.1, 0.15) is 69.1 Å². The number of carbonyl (C=O) groups is 2. The molecule has 0 radical (unpaired) electrons. The molecule has 4 aliphatic heterocycles. The number of carboxylic acid groups (broad SMARTS) is 1. The van der Waals surface area contributed by atoms with Crippen LogP contribution in [0.4, 0.5) is 0 Å². The minimum absolute atomic E-state index is 0. The first kappa shape index (κ1) is 37.4. The number of carboxylic acids is 1. The lowest BCUT2D eigenvalue weighted by Crippen LogP contribution is -2.47. The Morgan fingerprint density at radius 1 is 0.820 bits per heavy atom. The highest BCUT2D eigenvalue weighted by molar-refractivity contribution is 6.30. The van der Waals surface area contributed by atoms with Crippen LogP contribution in [-0.2, 0) is 22.6 Å². The van der Waals surface area contributed by atoms with E-state index < -0.39 is 11.4 Å². The van der Waals surface area contributed by atoms with Crippen LogP contribution >= 0.6 is 23.2 Å². The van der Waals surface area contributed by atoms with E-state index in [-0.39, 0.29) is 59.2 Å². The van der Waals surface area contributed by atoms with E-state index in [0.29, 0.717) is 54.8 Å². The summed E-state index contributed by atoms with van der Waals surface area (Å²) >= 11 is 11.7. The van der Waals surface area contributed by atoms with E-state index in [0.717, 1.165) is 25.9 Å². The lowest BCUT2D eigenvalue weighted by Gasteiger charge is -2.32. The summed E-state index contributed by atoms with van der Waals surface area (Å²) in [6.07, 6.45) is 11.8. The summed E-state index contributed by atoms with van der Waals surface area (Å²) in [5, 5.41) is 13.4. The van der Waals surface area contributed by atoms with Gasteiger partial charge in [-0.1, -0.05) is 30.6 Å². The Hall–Kier alpha value is -3.88. The van der Waals surface area contributed by atoms with Gasteiger partial charge in [0.05, 0.1) is 58.6 Å². The fourth-order valence-electron chi connectivity index (χ4n) is 6.79. The third-order valence-electron chi connectivity index (χ3n) is 9.28. The molecule has 13 nitrogen and oxygen atoms in total. The van der Waals surface area contributed by atoms with E-state index in [1.54, 1.807) is 21.9 Å². The number of pyridine rings is 4. The zero-order valence-corrected chi connectivity index (χ0v) is 28.7. The summed E-state index contributed by atoms with van der Waals surface area (Å²) in [5.74, 6) is -1.47. The van der Waals surface area contributed by atoms with Gasteiger partial charge in [0.2, 0.25) is 10.9 Å². The SMILES string of the molecule is C.C1CC2CNCC1O2.CCn1cc(C(=O)N2CC3CCC(C2)O3)c(=O)c2cc(Cl)ncc21.CCn1cc(C(=O)O)c(=O)c2cc(Cl)ncc21.[3HH]. The number of rotatable bonds is 4. The number of ether oxygens (including phenoxy) is 2. The van der Waals surface area contributed by atoms with Gasteiger partial charge in [0.25, 0.3) is 5.91 Å². The van der Waals surface area contributed by atoms with Crippen LogP contribution in [-0.4, -0.2) is 91.6 Å². The Morgan fingerprint density at radius 2 is 1.26 bits per heavy atom. The molecule has 0 aromatic carbocycles. The number of aromatic nitrogens is 4. The first-order chi connectivity index (χ1) is 23.6. The Bertz CT molecular complexity index is 2000. The van der Waals surface area contributed by atoms with E-state index in [2.05, 4.69) is 15.3 Å². The van der Waals surface area contributed by atoms with Gasteiger partial charge in [-0.3, -0.25) is 14.4 Å². The molecule has 4 aromatic heterocycles. The number of amides is 1. The van der Waals surface area contributed by atoms with Gasteiger partial charge in [-0.15, -0.1) is 0 Å². The largest absolute Gasteiger partial charge is 0.477 e. The lowest BCUT2D eigenvalue weighted by atomic mass is 10.1. The Kier molecular flexibility index (Phi) is 12.0. The van der Waals surface area contributed by atoms with Crippen molar-refractivity contribution in [3.8, 4) is 0 Å². The molecule has 4 atom stereocenters. The number of carbonyl (C=O) groups excluding carboxylic acids is 1. The average molecular weight is 734 g/mol. The molecular formula is C35H44Cl2N6O7.